The molecule has 7 heteroatoms. The summed E-state index contributed by atoms with van der Waals surface area (Å²) in [6.07, 6.45) is 1.25. The van der Waals surface area contributed by atoms with Gasteiger partial charge in [-0.2, -0.15) is 0 Å². The lowest BCUT2D eigenvalue weighted by Gasteiger charge is -2.11. The van der Waals surface area contributed by atoms with E-state index in [2.05, 4.69) is 16.0 Å². The number of rotatable bonds is 7. The summed E-state index contributed by atoms with van der Waals surface area (Å²) in [5.41, 5.74) is 1.81. The highest BCUT2D eigenvalue weighted by atomic mass is 32.1. The van der Waals surface area contributed by atoms with Crippen LogP contribution in [0.15, 0.2) is 48.5 Å². The summed E-state index contributed by atoms with van der Waals surface area (Å²) in [5, 5.41) is 8.56. The minimum atomic E-state index is -0.317. The molecule has 0 unspecified atom stereocenters. The lowest BCUT2D eigenvalue weighted by molar-refractivity contribution is -0.116. The molecule has 0 saturated carbocycles. The van der Waals surface area contributed by atoms with E-state index in [9.17, 15) is 9.59 Å². The molecule has 0 spiro atoms. The zero-order valence-electron chi connectivity index (χ0n) is 15.4. The number of thiocarbonyl (C=S) groups is 1. The highest BCUT2D eigenvalue weighted by Crippen LogP contribution is 2.16. The normalized spacial score (nSPS) is 10.0. The minimum Gasteiger partial charge on any atom is -0.494 e. The van der Waals surface area contributed by atoms with Crippen LogP contribution in [0.4, 0.5) is 11.4 Å². The molecule has 2 aromatic rings. The Kier molecular flexibility index (Phi) is 7.76. The van der Waals surface area contributed by atoms with Crippen molar-refractivity contribution in [1.82, 2.24) is 5.32 Å². The number of nitrogens with one attached hydrogen (secondary N) is 3. The van der Waals surface area contributed by atoms with Crippen molar-refractivity contribution in [2.24, 2.45) is 0 Å². The van der Waals surface area contributed by atoms with Crippen LogP contribution in [-0.2, 0) is 4.79 Å². The van der Waals surface area contributed by atoms with Crippen LogP contribution in [0, 0.1) is 0 Å². The Balaban J connectivity index is 1.92. The van der Waals surface area contributed by atoms with Crippen LogP contribution < -0.4 is 20.7 Å². The van der Waals surface area contributed by atoms with E-state index in [0.29, 0.717) is 35.7 Å². The predicted octanol–water partition coefficient (Wildman–Crippen LogP) is 3.95. The van der Waals surface area contributed by atoms with Gasteiger partial charge in [-0.1, -0.05) is 13.0 Å². The molecule has 142 valence electrons. The monoisotopic (exact) mass is 385 g/mol. The molecule has 2 aromatic carbocycles. The average molecular weight is 385 g/mol. The first-order valence-electron chi connectivity index (χ1n) is 8.77. The standard InChI is InChI=1S/C20H23N3O3S/c1-3-6-18(24)21-15-7-5-8-16(13-15)22-20(27)23-19(25)14-9-11-17(12-10-14)26-4-2/h5,7-13H,3-4,6H2,1-2H3,(H,21,24)(H2,22,23,25,27). The number of ether oxygens (including phenoxy) is 1. The molecular weight excluding hydrogens is 362 g/mol. The first kappa shape index (κ1) is 20.4. The number of carbonyl (C=O) groups is 2. The fraction of sp³-hybridized carbons (Fsp3) is 0.250. The van der Waals surface area contributed by atoms with E-state index < -0.39 is 0 Å². The largest absolute Gasteiger partial charge is 0.494 e. The number of hydrogen-bond acceptors (Lipinski definition) is 4. The summed E-state index contributed by atoms with van der Waals surface area (Å²) >= 11 is 5.20. The van der Waals surface area contributed by atoms with Crippen molar-refractivity contribution in [2.45, 2.75) is 26.7 Å². The fourth-order valence-electron chi connectivity index (χ4n) is 2.33. The molecule has 0 aliphatic rings. The number of benzene rings is 2. The molecule has 6 nitrogen and oxygen atoms in total. The first-order valence-corrected chi connectivity index (χ1v) is 9.17. The quantitative estimate of drug-likeness (QED) is 0.629. The summed E-state index contributed by atoms with van der Waals surface area (Å²) in [6, 6.07) is 13.9. The van der Waals surface area contributed by atoms with Crippen molar-refractivity contribution in [3.05, 3.63) is 54.1 Å². The van der Waals surface area contributed by atoms with Gasteiger partial charge in [-0.3, -0.25) is 14.9 Å². The number of amides is 2. The third kappa shape index (κ3) is 6.71. The number of hydrogen-bond donors (Lipinski definition) is 3. The van der Waals surface area contributed by atoms with Crippen LogP contribution in [0.1, 0.15) is 37.0 Å². The summed E-state index contributed by atoms with van der Waals surface area (Å²) in [5.74, 6) is 0.348. The van der Waals surface area contributed by atoms with Gasteiger partial charge >= 0.3 is 0 Å². The predicted molar refractivity (Wildman–Crippen MR) is 111 cm³/mol. The van der Waals surface area contributed by atoms with E-state index in [0.717, 1.165) is 6.42 Å². The van der Waals surface area contributed by atoms with E-state index in [4.69, 9.17) is 17.0 Å². The lowest BCUT2D eigenvalue weighted by Crippen LogP contribution is -2.34. The van der Waals surface area contributed by atoms with Gasteiger partial charge in [0.05, 0.1) is 6.61 Å². The molecule has 0 aliphatic carbocycles. The van der Waals surface area contributed by atoms with Crippen molar-refractivity contribution in [3.8, 4) is 5.75 Å². The second-order valence-electron chi connectivity index (χ2n) is 5.74. The Morgan fingerprint density at radius 3 is 2.30 bits per heavy atom. The summed E-state index contributed by atoms with van der Waals surface area (Å²) < 4.78 is 5.35. The topological polar surface area (TPSA) is 79.5 Å². The molecule has 0 fully saturated rings. The highest BCUT2D eigenvalue weighted by Gasteiger charge is 2.09. The molecule has 0 aliphatic heterocycles. The van der Waals surface area contributed by atoms with Gasteiger partial charge in [-0.15, -0.1) is 0 Å². The third-order valence-electron chi connectivity index (χ3n) is 3.54. The number of anilines is 2. The first-order chi connectivity index (χ1) is 13.0. The maximum atomic E-state index is 12.3. The van der Waals surface area contributed by atoms with Crippen LogP contribution >= 0.6 is 12.2 Å². The van der Waals surface area contributed by atoms with Crippen molar-refractivity contribution >= 4 is 40.5 Å². The maximum Gasteiger partial charge on any atom is 0.257 e. The van der Waals surface area contributed by atoms with E-state index >= 15 is 0 Å². The van der Waals surface area contributed by atoms with Crippen LogP contribution in [0.25, 0.3) is 0 Å². The number of carbonyl (C=O) groups excluding carboxylic acids is 2. The van der Waals surface area contributed by atoms with Gasteiger partial charge in [0.2, 0.25) is 5.91 Å². The molecule has 0 atom stereocenters. The summed E-state index contributed by atoms with van der Waals surface area (Å²) in [4.78, 5) is 24.0. The minimum absolute atomic E-state index is 0.0407. The zero-order valence-corrected chi connectivity index (χ0v) is 16.2. The Morgan fingerprint density at radius 1 is 1.00 bits per heavy atom. The molecule has 0 aromatic heterocycles. The second kappa shape index (κ2) is 10.3. The van der Waals surface area contributed by atoms with Crippen LogP contribution in [0.3, 0.4) is 0 Å². The Morgan fingerprint density at radius 2 is 1.67 bits per heavy atom. The molecule has 2 rings (SSSR count). The van der Waals surface area contributed by atoms with Gasteiger partial charge in [0.15, 0.2) is 5.11 Å². The van der Waals surface area contributed by atoms with Gasteiger partial charge in [-0.05, 0) is 68.0 Å². The molecule has 27 heavy (non-hydrogen) atoms. The SMILES string of the molecule is CCCC(=O)Nc1cccc(NC(=S)NC(=O)c2ccc(OCC)cc2)c1. The van der Waals surface area contributed by atoms with Crippen molar-refractivity contribution in [1.29, 1.82) is 0 Å². The Labute approximate surface area is 164 Å². The van der Waals surface area contributed by atoms with Gasteiger partial charge in [-0.25, -0.2) is 0 Å². The van der Waals surface area contributed by atoms with E-state index in [1.165, 1.54) is 0 Å². The molecule has 0 heterocycles. The van der Waals surface area contributed by atoms with Crippen LogP contribution in [-0.4, -0.2) is 23.5 Å². The van der Waals surface area contributed by atoms with Gasteiger partial charge < -0.3 is 15.4 Å². The van der Waals surface area contributed by atoms with Crippen LogP contribution in [0.2, 0.25) is 0 Å². The molecule has 2 amide bonds. The molecule has 0 bridgehead atoms. The summed E-state index contributed by atoms with van der Waals surface area (Å²) in [7, 11) is 0. The van der Waals surface area contributed by atoms with Gasteiger partial charge in [0.25, 0.3) is 5.91 Å². The van der Waals surface area contributed by atoms with Gasteiger partial charge in [0, 0.05) is 23.4 Å². The molecule has 0 radical (unpaired) electrons. The fourth-order valence-corrected chi connectivity index (χ4v) is 2.54. The molecule has 3 N–H and O–H groups in total. The van der Waals surface area contributed by atoms with Crippen molar-refractivity contribution < 1.29 is 14.3 Å². The highest BCUT2D eigenvalue weighted by molar-refractivity contribution is 7.80. The third-order valence-corrected chi connectivity index (χ3v) is 3.74. The smallest absolute Gasteiger partial charge is 0.257 e. The average Bonchev–Trinajstić information content (AvgIpc) is 2.63. The van der Waals surface area contributed by atoms with Gasteiger partial charge in [0.1, 0.15) is 5.75 Å². The molecule has 0 saturated heterocycles. The summed E-state index contributed by atoms with van der Waals surface area (Å²) in [6.45, 7) is 4.41. The van der Waals surface area contributed by atoms with E-state index in [1.807, 2.05) is 13.8 Å². The van der Waals surface area contributed by atoms with Crippen LogP contribution in [0.5, 0.6) is 5.75 Å². The van der Waals surface area contributed by atoms with E-state index in [1.54, 1.807) is 48.5 Å². The molecular formula is C20H23N3O3S. The Hall–Kier alpha value is -2.93. The van der Waals surface area contributed by atoms with Crippen molar-refractivity contribution in [3.63, 3.8) is 0 Å². The zero-order chi connectivity index (χ0) is 19.6. The lowest BCUT2D eigenvalue weighted by atomic mass is 10.2. The van der Waals surface area contributed by atoms with Crippen molar-refractivity contribution in [2.75, 3.05) is 17.2 Å². The van der Waals surface area contributed by atoms with E-state index in [-0.39, 0.29) is 16.9 Å². The Bertz CT molecular complexity index is 806. The second-order valence-corrected chi connectivity index (χ2v) is 6.15. The maximum absolute atomic E-state index is 12.3.